The largest absolute Gasteiger partial charge is 0.478 e. The number of hydrogen-bond donors (Lipinski definition) is 0. The van der Waals surface area contributed by atoms with E-state index in [2.05, 4.69) is 4.90 Å². The first-order valence-electron chi connectivity index (χ1n) is 15.4. The van der Waals surface area contributed by atoms with Gasteiger partial charge < -0.3 is 24.2 Å². The van der Waals surface area contributed by atoms with Crippen molar-refractivity contribution in [2.45, 2.75) is 19.2 Å². The molecule has 0 unspecified atom stereocenters. The van der Waals surface area contributed by atoms with Crippen molar-refractivity contribution in [1.82, 2.24) is 19.7 Å². The molecule has 0 aliphatic carbocycles. The number of rotatable bonds is 7. The van der Waals surface area contributed by atoms with Gasteiger partial charge in [-0.25, -0.2) is 9.18 Å². The van der Waals surface area contributed by atoms with Crippen LogP contribution in [0.1, 0.15) is 38.7 Å². The van der Waals surface area contributed by atoms with E-state index in [1.54, 1.807) is 34.2 Å². The molecule has 1 aromatic heterocycles. The van der Waals surface area contributed by atoms with Crippen LogP contribution < -0.4 is 9.47 Å². The van der Waals surface area contributed by atoms with Gasteiger partial charge >= 0.3 is 6.09 Å². The van der Waals surface area contributed by atoms with Crippen LogP contribution in [0.5, 0.6) is 11.5 Å². The van der Waals surface area contributed by atoms with Crippen LogP contribution in [0.3, 0.4) is 0 Å². The lowest BCUT2D eigenvalue weighted by atomic mass is 9.99. The monoisotopic (exact) mass is 616 g/mol. The minimum absolute atomic E-state index is 0.180. The van der Waals surface area contributed by atoms with Crippen LogP contribution in [-0.4, -0.2) is 64.9 Å². The minimum Gasteiger partial charge on any atom is -0.478 e. The van der Waals surface area contributed by atoms with Gasteiger partial charge in [-0.3, -0.25) is 9.78 Å². The highest BCUT2D eigenvalue weighted by molar-refractivity contribution is 6.09. The summed E-state index contributed by atoms with van der Waals surface area (Å²) in [4.78, 5) is 38.1. The number of amides is 2. The fourth-order valence-corrected chi connectivity index (χ4v) is 6.11. The molecule has 0 saturated carbocycles. The second kappa shape index (κ2) is 12.6. The Labute approximate surface area is 266 Å². The Morgan fingerprint density at radius 2 is 1.50 bits per heavy atom. The summed E-state index contributed by atoms with van der Waals surface area (Å²) in [6, 6.07) is 29.4. The molecule has 3 heterocycles. The fourth-order valence-electron chi connectivity index (χ4n) is 6.11. The van der Waals surface area contributed by atoms with Gasteiger partial charge in [-0.05, 0) is 48.0 Å². The number of nitrogens with zero attached hydrogens (tertiary/aromatic N) is 4. The van der Waals surface area contributed by atoms with Gasteiger partial charge in [0.25, 0.3) is 5.91 Å². The van der Waals surface area contributed by atoms with E-state index in [1.807, 2.05) is 73.8 Å². The highest BCUT2D eigenvalue weighted by Gasteiger charge is 2.38. The summed E-state index contributed by atoms with van der Waals surface area (Å²) in [5, 5.41) is 0.579. The van der Waals surface area contributed by atoms with E-state index in [0.29, 0.717) is 46.6 Å². The predicted molar refractivity (Wildman–Crippen MR) is 172 cm³/mol. The summed E-state index contributed by atoms with van der Waals surface area (Å²) < 4.78 is 26.8. The molecule has 1 fully saturated rings. The SMILES string of the molecule is CN1CCN(C(=O)Oc2c3c(c(OC(c4ccccc4)c4ccccc4)c4ncccc24)C(=O)N(Cc2ccc(F)cc2)C3)CC1. The van der Waals surface area contributed by atoms with Crippen LogP contribution in [0.2, 0.25) is 0 Å². The standard InChI is InChI=1S/C37H33FN4O4/c1-40-19-21-41(22-20-40)37(44)46-34-29-13-8-18-39-32(29)35(45-33(26-9-4-2-5-10-26)27-11-6-3-7-12-27)31-30(34)24-42(36(31)43)23-25-14-16-28(38)17-15-25/h2-18,33H,19-24H2,1H3. The van der Waals surface area contributed by atoms with Gasteiger partial charge in [0.2, 0.25) is 0 Å². The number of likely N-dealkylation sites (N-methyl/N-ethyl adjacent to an activating group) is 1. The molecule has 0 bridgehead atoms. The number of carbonyl (C=O) groups is 2. The molecule has 2 aliphatic heterocycles. The molecule has 0 spiro atoms. The van der Waals surface area contributed by atoms with Crippen LogP contribution in [0, 0.1) is 5.82 Å². The topological polar surface area (TPSA) is 75.2 Å². The lowest BCUT2D eigenvalue weighted by Crippen LogP contribution is -2.48. The van der Waals surface area contributed by atoms with Crippen molar-refractivity contribution in [3.05, 3.63) is 137 Å². The molecule has 232 valence electrons. The van der Waals surface area contributed by atoms with Crippen LogP contribution >= 0.6 is 0 Å². The zero-order chi connectivity index (χ0) is 31.6. The van der Waals surface area contributed by atoms with Crippen molar-refractivity contribution in [2.24, 2.45) is 0 Å². The molecule has 2 aliphatic rings. The number of benzene rings is 4. The highest BCUT2D eigenvalue weighted by Crippen LogP contribution is 2.46. The summed E-state index contributed by atoms with van der Waals surface area (Å²) in [6.07, 6.45) is 0.628. The van der Waals surface area contributed by atoms with Crippen molar-refractivity contribution in [3.8, 4) is 11.5 Å². The summed E-state index contributed by atoms with van der Waals surface area (Å²) >= 11 is 0. The third kappa shape index (κ3) is 5.77. The van der Waals surface area contributed by atoms with Gasteiger partial charge in [-0.15, -0.1) is 0 Å². The minimum atomic E-state index is -0.547. The molecule has 0 atom stereocenters. The first kappa shape index (κ1) is 29.4. The van der Waals surface area contributed by atoms with Gasteiger partial charge in [-0.2, -0.15) is 0 Å². The molecule has 46 heavy (non-hydrogen) atoms. The number of ether oxygens (including phenoxy) is 2. The Bertz CT molecular complexity index is 1840. The second-order valence-corrected chi connectivity index (χ2v) is 11.7. The van der Waals surface area contributed by atoms with Crippen molar-refractivity contribution in [3.63, 3.8) is 0 Å². The third-order valence-electron chi connectivity index (χ3n) is 8.60. The van der Waals surface area contributed by atoms with E-state index < -0.39 is 12.2 Å². The average molecular weight is 617 g/mol. The van der Waals surface area contributed by atoms with Crippen LogP contribution in [-0.2, 0) is 13.1 Å². The Morgan fingerprint density at radius 3 is 2.15 bits per heavy atom. The fraction of sp³-hybridized carbons (Fsp3) is 0.216. The number of hydrogen-bond acceptors (Lipinski definition) is 6. The molecule has 7 rings (SSSR count). The van der Waals surface area contributed by atoms with Crippen molar-refractivity contribution < 1.29 is 23.5 Å². The summed E-state index contributed by atoms with van der Waals surface area (Å²) in [7, 11) is 2.02. The maximum atomic E-state index is 14.4. The molecular weight excluding hydrogens is 583 g/mol. The van der Waals surface area contributed by atoms with E-state index in [1.165, 1.54) is 12.1 Å². The predicted octanol–water partition coefficient (Wildman–Crippen LogP) is 6.44. The van der Waals surface area contributed by atoms with Crippen LogP contribution in [0.25, 0.3) is 10.9 Å². The molecule has 8 nitrogen and oxygen atoms in total. The van der Waals surface area contributed by atoms with Gasteiger partial charge in [0.1, 0.15) is 23.2 Å². The number of aromatic nitrogens is 1. The maximum Gasteiger partial charge on any atom is 0.415 e. The summed E-state index contributed by atoms with van der Waals surface area (Å²) in [5.74, 6) is 0.00651. The van der Waals surface area contributed by atoms with Gasteiger partial charge in [0.15, 0.2) is 5.75 Å². The Balaban J connectivity index is 1.36. The summed E-state index contributed by atoms with van der Waals surface area (Å²) in [6.45, 7) is 2.99. The number of carbonyl (C=O) groups excluding carboxylic acids is 2. The summed E-state index contributed by atoms with van der Waals surface area (Å²) in [5.41, 5.74) is 3.89. The zero-order valence-corrected chi connectivity index (χ0v) is 25.4. The van der Waals surface area contributed by atoms with Gasteiger partial charge in [0, 0.05) is 49.9 Å². The maximum absolute atomic E-state index is 14.4. The lowest BCUT2D eigenvalue weighted by molar-refractivity contribution is 0.0762. The van der Waals surface area contributed by atoms with E-state index >= 15 is 0 Å². The van der Waals surface area contributed by atoms with Gasteiger partial charge in [-0.1, -0.05) is 72.8 Å². The molecular formula is C37H33FN4O4. The highest BCUT2D eigenvalue weighted by atomic mass is 19.1. The number of halogens is 1. The van der Waals surface area contributed by atoms with E-state index in [4.69, 9.17) is 14.5 Å². The zero-order valence-electron chi connectivity index (χ0n) is 25.4. The van der Waals surface area contributed by atoms with Crippen LogP contribution in [0.4, 0.5) is 9.18 Å². The Kier molecular flexibility index (Phi) is 8.07. The smallest absolute Gasteiger partial charge is 0.415 e. The normalized spacial score (nSPS) is 15.0. The van der Waals surface area contributed by atoms with Crippen molar-refractivity contribution >= 4 is 22.9 Å². The van der Waals surface area contributed by atoms with Crippen molar-refractivity contribution in [2.75, 3.05) is 33.2 Å². The number of pyridine rings is 1. The molecule has 1 saturated heterocycles. The first-order chi connectivity index (χ1) is 22.5. The second-order valence-electron chi connectivity index (χ2n) is 11.7. The molecule has 0 N–H and O–H groups in total. The van der Waals surface area contributed by atoms with E-state index in [-0.39, 0.29) is 24.8 Å². The molecule has 9 heteroatoms. The van der Waals surface area contributed by atoms with E-state index in [0.717, 1.165) is 29.8 Å². The Morgan fingerprint density at radius 1 is 0.848 bits per heavy atom. The Hall–Kier alpha value is -5.28. The molecule has 0 radical (unpaired) electrons. The first-order valence-corrected chi connectivity index (χ1v) is 15.4. The van der Waals surface area contributed by atoms with E-state index in [9.17, 15) is 14.0 Å². The molecule has 4 aromatic carbocycles. The van der Waals surface area contributed by atoms with Gasteiger partial charge in [0.05, 0.1) is 12.1 Å². The molecule has 2 amide bonds. The lowest BCUT2D eigenvalue weighted by Gasteiger charge is -2.31. The number of fused-ring (bicyclic) bond motifs is 2. The van der Waals surface area contributed by atoms with Crippen LogP contribution in [0.15, 0.2) is 103 Å². The number of piperazine rings is 1. The average Bonchev–Trinajstić information content (AvgIpc) is 3.41. The van der Waals surface area contributed by atoms with Crippen molar-refractivity contribution in [1.29, 1.82) is 0 Å². The quantitative estimate of drug-likeness (QED) is 0.209. The molecule has 5 aromatic rings. The third-order valence-corrected chi connectivity index (χ3v) is 8.60.